The lowest BCUT2D eigenvalue weighted by atomic mass is 9.81. The van der Waals surface area contributed by atoms with Gasteiger partial charge in [0, 0.05) is 27.1 Å². The molecule has 1 aliphatic carbocycles. The van der Waals surface area contributed by atoms with Crippen LogP contribution in [0.15, 0.2) is 133 Å². The number of nitrogens with zero attached hydrogens (tertiary/aromatic N) is 2. The van der Waals surface area contributed by atoms with E-state index in [2.05, 4.69) is 146 Å². The maximum Gasteiger partial charge on any atom is 0.187 e. The van der Waals surface area contributed by atoms with Crippen molar-refractivity contribution in [1.82, 2.24) is 4.98 Å². The van der Waals surface area contributed by atoms with E-state index in [1.165, 1.54) is 65.7 Å². The number of benzene rings is 7. The lowest BCUT2D eigenvalue weighted by molar-refractivity contribution is 0.661. The van der Waals surface area contributed by atoms with E-state index < -0.39 is 0 Å². The third-order valence-corrected chi connectivity index (χ3v) is 9.84. The molecule has 0 radical (unpaired) electrons. The van der Waals surface area contributed by atoms with Gasteiger partial charge >= 0.3 is 0 Å². The minimum absolute atomic E-state index is 0.189. The van der Waals surface area contributed by atoms with Gasteiger partial charge < -0.3 is 0 Å². The topological polar surface area (TPSA) is 17.2 Å². The first-order chi connectivity index (χ1) is 22.0. The summed E-state index contributed by atoms with van der Waals surface area (Å²) in [6, 6.07) is 47.8. The molecule has 0 atom stereocenters. The smallest absolute Gasteiger partial charge is 0.187 e. The van der Waals surface area contributed by atoms with Crippen LogP contribution in [0, 0.1) is 6.57 Å². The summed E-state index contributed by atoms with van der Waals surface area (Å²) < 4.78 is 0. The predicted octanol–water partition coefficient (Wildman–Crippen LogP) is 11.9. The van der Waals surface area contributed by atoms with E-state index in [-0.39, 0.29) is 5.41 Å². The third kappa shape index (κ3) is 3.65. The second-order valence-electron chi connectivity index (χ2n) is 12.6. The molecule has 0 saturated heterocycles. The van der Waals surface area contributed by atoms with Gasteiger partial charge in [0.05, 0.1) is 17.8 Å². The maximum atomic E-state index is 7.54. The lowest BCUT2D eigenvalue weighted by Crippen LogP contribution is -2.14. The summed E-state index contributed by atoms with van der Waals surface area (Å²) in [5.74, 6) is 0. The number of rotatable bonds is 2. The first-order valence-electron chi connectivity index (χ1n) is 15.4. The number of hydrogen-bond donors (Lipinski definition) is 0. The van der Waals surface area contributed by atoms with Crippen molar-refractivity contribution < 1.29 is 0 Å². The van der Waals surface area contributed by atoms with Gasteiger partial charge in [-0.2, -0.15) is 0 Å². The molecule has 0 aliphatic heterocycles. The van der Waals surface area contributed by atoms with Crippen molar-refractivity contribution in [3.8, 4) is 33.5 Å². The van der Waals surface area contributed by atoms with Crippen LogP contribution in [-0.4, -0.2) is 4.98 Å². The van der Waals surface area contributed by atoms with Crippen LogP contribution in [0.2, 0.25) is 0 Å². The zero-order valence-corrected chi connectivity index (χ0v) is 25.1. The summed E-state index contributed by atoms with van der Waals surface area (Å²) in [5.41, 5.74) is 11.0. The van der Waals surface area contributed by atoms with Crippen molar-refractivity contribution in [2.45, 2.75) is 19.3 Å². The van der Waals surface area contributed by atoms with Gasteiger partial charge in [-0.05, 0) is 67.1 Å². The van der Waals surface area contributed by atoms with Crippen LogP contribution in [0.25, 0.3) is 81.6 Å². The highest BCUT2D eigenvalue weighted by molar-refractivity contribution is 6.31. The van der Waals surface area contributed by atoms with Crippen molar-refractivity contribution in [3.05, 3.63) is 156 Å². The number of aromatic nitrogens is 1. The van der Waals surface area contributed by atoms with Crippen molar-refractivity contribution in [2.24, 2.45) is 0 Å². The summed E-state index contributed by atoms with van der Waals surface area (Å²) >= 11 is 0. The highest BCUT2D eigenvalue weighted by Gasteiger charge is 2.35. The Balaban J connectivity index is 1.33. The van der Waals surface area contributed by atoms with Gasteiger partial charge in [-0.3, -0.25) is 0 Å². The Kier molecular flexibility index (Phi) is 5.34. The van der Waals surface area contributed by atoms with E-state index in [1.54, 1.807) is 0 Å². The van der Waals surface area contributed by atoms with Crippen molar-refractivity contribution in [2.75, 3.05) is 0 Å². The number of pyridine rings is 1. The fourth-order valence-corrected chi connectivity index (χ4v) is 7.61. The van der Waals surface area contributed by atoms with E-state index >= 15 is 0 Å². The van der Waals surface area contributed by atoms with Crippen molar-refractivity contribution in [3.63, 3.8) is 0 Å². The van der Waals surface area contributed by atoms with Crippen LogP contribution in [0.5, 0.6) is 0 Å². The van der Waals surface area contributed by atoms with Crippen LogP contribution in [0.3, 0.4) is 0 Å². The highest BCUT2D eigenvalue weighted by Crippen LogP contribution is 2.51. The molecule has 2 heteroatoms. The minimum Gasteiger partial charge on any atom is -0.246 e. The molecular weight excluding hydrogens is 544 g/mol. The van der Waals surface area contributed by atoms with Crippen LogP contribution in [-0.2, 0) is 5.41 Å². The molecule has 9 rings (SSSR count). The molecule has 1 heterocycles. The molecular formula is C43H28N2. The molecule has 7 aromatic carbocycles. The monoisotopic (exact) mass is 572 g/mol. The molecule has 0 N–H and O–H groups in total. The highest BCUT2D eigenvalue weighted by atomic mass is 14.7. The maximum absolute atomic E-state index is 7.54. The molecule has 1 aromatic heterocycles. The lowest BCUT2D eigenvalue weighted by Gasteiger charge is -2.22. The summed E-state index contributed by atoms with van der Waals surface area (Å²) in [5, 5.41) is 8.45. The normalized spacial score (nSPS) is 13.3. The van der Waals surface area contributed by atoms with E-state index in [9.17, 15) is 0 Å². The van der Waals surface area contributed by atoms with E-state index in [0.717, 1.165) is 22.2 Å². The van der Waals surface area contributed by atoms with Gasteiger partial charge in [0.25, 0.3) is 0 Å². The average Bonchev–Trinajstić information content (AvgIpc) is 3.32. The van der Waals surface area contributed by atoms with Crippen LogP contribution >= 0.6 is 0 Å². The van der Waals surface area contributed by atoms with E-state index in [0.29, 0.717) is 5.69 Å². The fourth-order valence-electron chi connectivity index (χ4n) is 7.61. The Morgan fingerprint density at radius 3 is 1.84 bits per heavy atom. The Labute approximate surface area is 262 Å². The Bertz CT molecular complexity index is 2570. The van der Waals surface area contributed by atoms with Crippen molar-refractivity contribution in [1.29, 1.82) is 0 Å². The Hall–Kier alpha value is -5.78. The first kappa shape index (κ1) is 25.7. The zero-order valence-electron chi connectivity index (χ0n) is 25.1. The average molecular weight is 573 g/mol. The molecule has 45 heavy (non-hydrogen) atoms. The Morgan fingerprint density at radius 1 is 0.511 bits per heavy atom. The van der Waals surface area contributed by atoms with Gasteiger partial charge in [-0.15, -0.1) is 0 Å². The van der Waals surface area contributed by atoms with Gasteiger partial charge in [0.15, 0.2) is 5.69 Å². The van der Waals surface area contributed by atoms with Crippen LogP contribution < -0.4 is 0 Å². The molecule has 2 nitrogen and oxygen atoms in total. The summed E-state index contributed by atoms with van der Waals surface area (Å²) in [6.07, 6.45) is 0. The molecule has 210 valence electrons. The molecule has 8 aromatic rings. The van der Waals surface area contributed by atoms with Crippen LogP contribution in [0.4, 0.5) is 5.69 Å². The number of fused-ring (bicyclic) bond motifs is 11. The van der Waals surface area contributed by atoms with Gasteiger partial charge in [-0.25, -0.2) is 9.83 Å². The quantitative estimate of drug-likeness (QED) is 0.149. The molecule has 0 bridgehead atoms. The minimum atomic E-state index is -0.189. The Morgan fingerprint density at radius 2 is 1.09 bits per heavy atom. The number of hydrogen-bond acceptors (Lipinski definition) is 1. The largest absolute Gasteiger partial charge is 0.246 e. The first-order valence-corrected chi connectivity index (χ1v) is 15.4. The second-order valence-corrected chi connectivity index (χ2v) is 12.6. The summed E-state index contributed by atoms with van der Waals surface area (Å²) in [7, 11) is 0. The second kappa shape index (κ2) is 9.36. The van der Waals surface area contributed by atoms with Crippen LogP contribution in [0.1, 0.15) is 25.0 Å². The van der Waals surface area contributed by atoms with Gasteiger partial charge in [0.2, 0.25) is 0 Å². The van der Waals surface area contributed by atoms with Gasteiger partial charge in [0.1, 0.15) is 0 Å². The molecule has 0 fully saturated rings. The fraction of sp³-hybridized carbons (Fsp3) is 0.0698. The molecule has 1 aliphatic rings. The standard InChI is InChI=1S/C43H28N2/c1-43(2)38-24-28(17-20-32(38)33-22-19-29(44-3)25-39(33)43)27-18-21-35-37(23-27)41(26-11-5-4-6-12-26)45-42-36-16-10-8-14-31(36)30-13-7-9-15-34(30)40(35)42/h4-25H,1-2H3. The zero-order chi connectivity index (χ0) is 30.3. The van der Waals surface area contributed by atoms with E-state index in [4.69, 9.17) is 11.6 Å². The van der Waals surface area contributed by atoms with Crippen molar-refractivity contribution >= 4 is 48.9 Å². The predicted molar refractivity (Wildman–Crippen MR) is 189 cm³/mol. The molecule has 0 spiro atoms. The third-order valence-electron chi connectivity index (χ3n) is 9.84. The summed E-state index contributed by atoms with van der Waals surface area (Å²) in [4.78, 5) is 9.19. The summed E-state index contributed by atoms with van der Waals surface area (Å²) in [6.45, 7) is 12.1. The SMILES string of the molecule is [C-]#[N+]c1ccc2c(c1)C(C)(C)c1cc(-c3ccc4c(c3)c(-c3ccccc3)nc3c5ccccc5c5ccccc5c43)ccc1-2. The molecule has 0 amide bonds. The molecule has 0 unspecified atom stereocenters. The van der Waals surface area contributed by atoms with Gasteiger partial charge in [-0.1, -0.05) is 135 Å². The molecule has 0 saturated carbocycles. The van der Waals surface area contributed by atoms with E-state index in [1.807, 2.05) is 6.07 Å².